The van der Waals surface area contributed by atoms with Crippen molar-refractivity contribution in [3.05, 3.63) is 60.5 Å². The van der Waals surface area contributed by atoms with E-state index < -0.39 is 15.7 Å². The zero-order chi connectivity index (χ0) is 30.7. The number of rotatable bonds is 6. The summed E-state index contributed by atoms with van der Waals surface area (Å²) in [5, 5.41) is 12.0. The molecule has 44 heavy (non-hydrogen) atoms. The molecule has 0 radical (unpaired) electrons. The second kappa shape index (κ2) is 10.3. The minimum absolute atomic E-state index is 0.0440. The topological polar surface area (TPSA) is 187 Å². The number of anilines is 1. The van der Waals surface area contributed by atoms with Crippen LogP contribution in [0.4, 0.5) is 10.2 Å². The van der Waals surface area contributed by atoms with Crippen LogP contribution >= 0.6 is 0 Å². The number of halogens is 1. The van der Waals surface area contributed by atoms with Gasteiger partial charge in [-0.2, -0.15) is 9.61 Å². The summed E-state index contributed by atoms with van der Waals surface area (Å²) in [7, 11) is -2.41. The van der Waals surface area contributed by atoms with Gasteiger partial charge in [-0.15, -0.1) is 10.2 Å². The summed E-state index contributed by atoms with van der Waals surface area (Å²) in [5.41, 5.74) is 8.78. The number of carbonyl (C=O) groups excluding carboxylic acids is 1. The van der Waals surface area contributed by atoms with Crippen LogP contribution in [0.1, 0.15) is 47.9 Å². The van der Waals surface area contributed by atoms with Crippen LogP contribution in [0, 0.1) is 5.82 Å². The van der Waals surface area contributed by atoms with Crippen molar-refractivity contribution in [2.45, 2.75) is 48.6 Å². The average Bonchev–Trinajstić information content (AvgIpc) is 3.75. The first kappa shape index (κ1) is 27.8. The fourth-order valence-electron chi connectivity index (χ4n) is 6.46. The average molecular weight is 619 g/mol. The predicted molar refractivity (Wildman–Crippen MR) is 155 cm³/mol. The number of nitrogens with one attached hydrogen (secondary N) is 1. The summed E-state index contributed by atoms with van der Waals surface area (Å²) in [5.74, 6) is -0.469. The number of fused-ring (bicyclic) bond motifs is 3. The number of nitrogen functional groups attached to an aromatic ring is 1. The molecule has 6 heterocycles. The monoisotopic (exact) mass is 618 g/mol. The van der Waals surface area contributed by atoms with Crippen molar-refractivity contribution in [1.29, 1.82) is 0 Å². The summed E-state index contributed by atoms with van der Waals surface area (Å²) in [4.78, 5) is 31.4. The largest absolute Gasteiger partial charge is 0.494 e. The number of ether oxygens (including phenoxy) is 1. The molecule has 7 rings (SSSR count). The van der Waals surface area contributed by atoms with Crippen LogP contribution in [0.5, 0.6) is 5.75 Å². The number of hydrogen-bond donors (Lipinski definition) is 2. The Hall–Kier alpha value is -4.99. The number of hydrogen-bond acceptors (Lipinski definition) is 11. The fourth-order valence-corrected chi connectivity index (χ4v) is 7.52. The van der Waals surface area contributed by atoms with Gasteiger partial charge in [-0.05, 0) is 43.9 Å². The molecule has 2 aliphatic rings. The van der Waals surface area contributed by atoms with Crippen LogP contribution in [-0.2, 0) is 9.84 Å². The smallest absolute Gasteiger partial charge is 0.292 e. The van der Waals surface area contributed by atoms with E-state index in [0.717, 1.165) is 19.1 Å². The van der Waals surface area contributed by atoms with Crippen LogP contribution in [0.15, 0.2) is 48.0 Å². The van der Waals surface area contributed by atoms with Gasteiger partial charge in [0.2, 0.25) is 5.82 Å². The second-order valence-electron chi connectivity index (χ2n) is 11.0. The van der Waals surface area contributed by atoms with Crippen LogP contribution < -0.4 is 10.5 Å². The van der Waals surface area contributed by atoms with Gasteiger partial charge in [-0.25, -0.2) is 27.8 Å². The Kier molecular flexibility index (Phi) is 6.53. The van der Waals surface area contributed by atoms with E-state index in [4.69, 9.17) is 15.5 Å². The van der Waals surface area contributed by atoms with Gasteiger partial charge in [0.25, 0.3) is 5.91 Å². The number of sulfone groups is 1. The van der Waals surface area contributed by atoms with Gasteiger partial charge in [0.15, 0.2) is 32.9 Å². The lowest BCUT2D eigenvalue weighted by molar-refractivity contribution is 0.0556. The van der Waals surface area contributed by atoms with Gasteiger partial charge in [-0.3, -0.25) is 4.79 Å². The molecular weight excluding hydrogens is 591 g/mol. The third-order valence-electron chi connectivity index (χ3n) is 8.38. The number of piperidine rings is 1. The highest BCUT2D eigenvalue weighted by molar-refractivity contribution is 7.91. The Balaban J connectivity index is 1.26. The molecule has 0 saturated carbocycles. The number of benzene rings is 1. The standard InChI is InChI=1S/C28H27FN10O4S/c1-43-21-6-3-14(9-20(21)29)25-31-10-16(11-32-25)19-12-35-39-24(30)23(44(2,41)42)22(36-27(19)39)15-7-17-4-5-18(8-15)38(17)28(40)26-33-13-34-37-26/h3,6,9-13,15,17-18H,4-5,7-8,30H2,1-2H3,(H,33,34,37). The van der Waals surface area contributed by atoms with Gasteiger partial charge in [-0.1, -0.05) is 0 Å². The lowest BCUT2D eigenvalue weighted by atomic mass is 9.87. The van der Waals surface area contributed by atoms with Crippen molar-refractivity contribution >= 4 is 27.2 Å². The molecule has 0 aliphatic carbocycles. The van der Waals surface area contributed by atoms with E-state index in [0.29, 0.717) is 46.7 Å². The summed E-state index contributed by atoms with van der Waals surface area (Å²) in [6.45, 7) is 0. The lowest BCUT2D eigenvalue weighted by Crippen LogP contribution is -2.46. The van der Waals surface area contributed by atoms with Crippen LogP contribution in [0.3, 0.4) is 0 Å². The summed E-state index contributed by atoms with van der Waals surface area (Å²) >= 11 is 0. The normalized spacial score (nSPS) is 19.9. The lowest BCUT2D eigenvalue weighted by Gasteiger charge is -2.38. The van der Waals surface area contributed by atoms with E-state index in [1.165, 1.54) is 36.3 Å². The van der Waals surface area contributed by atoms with Gasteiger partial charge in [0, 0.05) is 53.3 Å². The predicted octanol–water partition coefficient (Wildman–Crippen LogP) is 2.66. The first-order valence-electron chi connectivity index (χ1n) is 13.9. The van der Waals surface area contributed by atoms with E-state index in [1.54, 1.807) is 18.5 Å². The summed E-state index contributed by atoms with van der Waals surface area (Å²) in [6, 6.07) is 4.22. The molecule has 1 amide bonds. The van der Waals surface area contributed by atoms with Crippen molar-refractivity contribution in [1.82, 2.24) is 44.6 Å². The SMILES string of the molecule is COc1ccc(-c2ncc(-c3cnn4c(N)c(S(C)(=O)=O)c(C5CC6CCC(C5)N6C(=O)c5nnc[nH]5)nc34)cn2)cc1F. The molecule has 3 N–H and O–H groups in total. The molecule has 2 fully saturated rings. The van der Waals surface area contributed by atoms with E-state index >= 15 is 0 Å². The number of nitrogens with zero attached hydrogens (tertiary/aromatic N) is 8. The highest BCUT2D eigenvalue weighted by Gasteiger charge is 2.46. The van der Waals surface area contributed by atoms with E-state index in [9.17, 15) is 17.6 Å². The van der Waals surface area contributed by atoms with E-state index in [2.05, 4.69) is 30.2 Å². The van der Waals surface area contributed by atoms with E-state index in [1.807, 2.05) is 4.90 Å². The van der Waals surface area contributed by atoms with Gasteiger partial charge in [0.1, 0.15) is 17.0 Å². The maximum absolute atomic E-state index is 14.3. The van der Waals surface area contributed by atoms with Crippen molar-refractivity contribution in [2.75, 3.05) is 19.1 Å². The number of aromatic amines is 1. The fraction of sp³-hybridized carbons (Fsp3) is 0.321. The molecule has 4 aromatic heterocycles. The Morgan fingerprint density at radius 1 is 1.11 bits per heavy atom. The number of nitrogens with two attached hydrogens (primary N) is 1. The quantitative estimate of drug-likeness (QED) is 0.285. The molecule has 1 aromatic carbocycles. The Morgan fingerprint density at radius 2 is 1.84 bits per heavy atom. The molecule has 16 heteroatoms. The molecular formula is C28H27FN10O4S. The number of H-pyrrole nitrogens is 1. The number of amides is 1. The zero-order valence-corrected chi connectivity index (χ0v) is 24.5. The molecule has 2 saturated heterocycles. The molecule has 2 bridgehead atoms. The van der Waals surface area contributed by atoms with E-state index in [-0.39, 0.29) is 46.2 Å². The third kappa shape index (κ3) is 4.52. The zero-order valence-electron chi connectivity index (χ0n) is 23.7. The highest BCUT2D eigenvalue weighted by atomic mass is 32.2. The second-order valence-corrected chi connectivity index (χ2v) is 13.0. The first-order valence-corrected chi connectivity index (χ1v) is 15.8. The molecule has 2 atom stereocenters. The molecule has 5 aromatic rings. The maximum Gasteiger partial charge on any atom is 0.292 e. The van der Waals surface area contributed by atoms with Gasteiger partial charge in [0.05, 0.1) is 19.0 Å². The van der Waals surface area contributed by atoms with Crippen LogP contribution in [0.2, 0.25) is 0 Å². The molecule has 0 spiro atoms. The first-order chi connectivity index (χ1) is 21.1. The van der Waals surface area contributed by atoms with Gasteiger partial charge < -0.3 is 20.4 Å². The molecule has 14 nitrogen and oxygen atoms in total. The minimum atomic E-state index is -3.80. The minimum Gasteiger partial charge on any atom is -0.494 e. The van der Waals surface area contributed by atoms with Crippen LogP contribution in [0.25, 0.3) is 28.2 Å². The molecule has 226 valence electrons. The Labute approximate surface area is 250 Å². The third-order valence-corrected chi connectivity index (χ3v) is 9.54. The Morgan fingerprint density at radius 3 is 2.45 bits per heavy atom. The van der Waals surface area contributed by atoms with Crippen molar-refractivity contribution in [3.8, 4) is 28.3 Å². The maximum atomic E-state index is 14.3. The Bertz CT molecular complexity index is 2000. The summed E-state index contributed by atoms with van der Waals surface area (Å²) < 4.78 is 46.7. The van der Waals surface area contributed by atoms with Gasteiger partial charge >= 0.3 is 0 Å². The van der Waals surface area contributed by atoms with Crippen LogP contribution in [-0.4, -0.2) is 84.4 Å². The molecule has 2 aliphatic heterocycles. The van der Waals surface area contributed by atoms with Crippen molar-refractivity contribution < 1.29 is 22.3 Å². The van der Waals surface area contributed by atoms with Crippen molar-refractivity contribution in [2.24, 2.45) is 0 Å². The number of aromatic nitrogens is 8. The highest BCUT2D eigenvalue weighted by Crippen LogP contribution is 2.45. The number of methoxy groups -OCH3 is 1. The molecule has 2 unspecified atom stereocenters. The summed E-state index contributed by atoms with van der Waals surface area (Å²) in [6.07, 6.45) is 9.73. The number of carbonyl (C=O) groups is 1. The van der Waals surface area contributed by atoms with Crippen molar-refractivity contribution in [3.63, 3.8) is 0 Å².